The molecule has 5 nitrogen and oxygen atoms in total. The highest BCUT2D eigenvalue weighted by Gasteiger charge is 2.05. The number of thioether (sulfide) groups is 1. The second-order valence-electron chi connectivity index (χ2n) is 2.99. The zero-order valence-electron chi connectivity index (χ0n) is 8.97. The van der Waals surface area contributed by atoms with E-state index in [-0.39, 0.29) is 0 Å². The monoisotopic (exact) mass is 248 g/mol. The zero-order chi connectivity index (χ0) is 11.1. The molecule has 0 aliphatic carbocycles. The fraction of sp³-hybridized carbons (Fsp3) is 0.750. The van der Waals surface area contributed by atoms with Crippen molar-refractivity contribution in [2.45, 2.75) is 4.34 Å². The molecule has 15 heavy (non-hydrogen) atoms. The molecule has 7 heteroatoms. The summed E-state index contributed by atoms with van der Waals surface area (Å²) in [6, 6.07) is 0. The van der Waals surface area contributed by atoms with Gasteiger partial charge < -0.3 is 15.4 Å². The third kappa shape index (κ3) is 4.78. The Hall–Kier alpha value is -0.370. The maximum absolute atomic E-state index is 5.30. The highest BCUT2D eigenvalue weighted by Crippen LogP contribution is 2.26. The zero-order valence-corrected chi connectivity index (χ0v) is 10.6. The summed E-state index contributed by atoms with van der Waals surface area (Å²) in [5.74, 6) is 0.891. The van der Waals surface area contributed by atoms with Crippen LogP contribution in [-0.2, 0) is 4.74 Å². The molecule has 0 amide bonds. The van der Waals surface area contributed by atoms with Crippen LogP contribution in [0.5, 0.6) is 0 Å². The van der Waals surface area contributed by atoms with Crippen LogP contribution >= 0.6 is 23.1 Å². The van der Waals surface area contributed by atoms with Crippen LogP contribution in [0, 0.1) is 0 Å². The molecule has 1 aromatic rings. The summed E-state index contributed by atoms with van der Waals surface area (Å²) in [7, 11) is 3.92. The maximum Gasteiger partial charge on any atom is 0.208 e. The first-order chi connectivity index (χ1) is 7.24. The Bertz CT molecular complexity index is 279. The molecule has 0 radical (unpaired) electrons. The van der Waals surface area contributed by atoms with Crippen LogP contribution < -0.4 is 10.6 Å². The number of hydrogen-bond acceptors (Lipinski definition) is 7. The highest BCUT2D eigenvalue weighted by molar-refractivity contribution is 8.01. The van der Waals surface area contributed by atoms with Gasteiger partial charge in [-0.25, -0.2) is 0 Å². The lowest BCUT2D eigenvalue weighted by Crippen LogP contribution is -2.09. The van der Waals surface area contributed by atoms with Gasteiger partial charge in [-0.2, -0.15) is 0 Å². The molecular formula is C8H16N4OS2. The smallest absolute Gasteiger partial charge is 0.208 e. The van der Waals surface area contributed by atoms with E-state index in [1.807, 2.05) is 19.0 Å². The molecular weight excluding hydrogens is 232 g/mol. The van der Waals surface area contributed by atoms with E-state index >= 15 is 0 Å². The first-order valence-corrected chi connectivity index (χ1v) is 6.45. The van der Waals surface area contributed by atoms with Crippen LogP contribution in [0.2, 0.25) is 0 Å². The highest BCUT2D eigenvalue weighted by atomic mass is 32.2. The summed E-state index contributed by atoms with van der Waals surface area (Å²) in [5.41, 5.74) is 5.30. The van der Waals surface area contributed by atoms with Crippen molar-refractivity contribution in [3.8, 4) is 0 Å². The Morgan fingerprint density at radius 1 is 1.40 bits per heavy atom. The van der Waals surface area contributed by atoms with Gasteiger partial charge in [-0.1, -0.05) is 23.1 Å². The Balaban J connectivity index is 2.20. The Morgan fingerprint density at radius 2 is 2.20 bits per heavy atom. The Kier molecular flexibility index (Phi) is 5.92. The summed E-state index contributed by atoms with van der Waals surface area (Å²) in [6.45, 7) is 1.91. The first kappa shape index (κ1) is 12.7. The van der Waals surface area contributed by atoms with Crippen molar-refractivity contribution in [3.63, 3.8) is 0 Å². The summed E-state index contributed by atoms with van der Waals surface area (Å²) in [6.07, 6.45) is 0. The molecule has 0 fully saturated rings. The van der Waals surface area contributed by atoms with Gasteiger partial charge in [0.25, 0.3) is 0 Å². The van der Waals surface area contributed by atoms with Crippen molar-refractivity contribution in [3.05, 3.63) is 0 Å². The summed E-state index contributed by atoms with van der Waals surface area (Å²) in [5, 5.41) is 9.04. The fourth-order valence-corrected chi connectivity index (χ4v) is 2.50. The van der Waals surface area contributed by atoms with Crippen LogP contribution in [0.15, 0.2) is 4.34 Å². The van der Waals surface area contributed by atoms with Crippen molar-refractivity contribution in [1.29, 1.82) is 0 Å². The molecule has 1 rings (SSSR count). The van der Waals surface area contributed by atoms with Crippen molar-refractivity contribution in [2.24, 2.45) is 5.73 Å². The molecule has 2 N–H and O–H groups in total. The first-order valence-electron chi connectivity index (χ1n) is 4.65. The number of anilines is 1. The predicted molar refractivity (Wildman–Crippen MR) is 64.8 cm³/mol. The quantitative estimate of drug-likeness (QED) is 0.565. The molecule has 0 atom stereocenters. The third-order valence-electron chi connectivity index (χ3n) is 1.49. The summed E-state index contributed by atoms with van der Waals surface area (Å²) >= 11 is 3.25. The second kappa shape index (κ2) is 7.00. The van der Waals surface area contributed by atoms with Crippen molar-refractivity contribution in [1.82, 2.24) is 10.2 Å². The van der Waals surface area contributed by atoms with Gasteiger partial charge >= 0.3 is 0 Å². The van der Waals surface area contributed by atoms with Gasteiger partial charge in [-0.15, -0.1) is 10.2 Å². The molecule has 0 saturated heterocycles. The lowest BCUT2D eigenvalue weighted by Gasteiger charge is -2.03. The number of hydrogen-bond donors (Lipinski definition) is 1. The van der Waals surface area contributed by atoms with Gasteiger partial charge in [0.2, 0.25) is 5.13 Å². The van der Waals surface area contributed by atoms with Crippen LogP contribution in [0.4, 0.5) is 5.13 Å². The van der Waals surface area contributed by atoms with Crippen LogP contribution in [-0.4, -0.2) is 49.8 Å². The molecule has 0 aliphatic heterocycles. The molecule has 0 spiro atoms. The van der Waals surface area contributed by atoms with Gasteiger partial charge in [0.15, 0.2) is 4.34 Å². The second-order valence-corrected chi connectivity index (χ2v) is 5.29. The largest absolute Gasteiger partial charge is 0.379 e. The van der Waals surface area contributed by atoms with Crippen LogP contribution in [0.1, 0.15) is 0 Å². The molecule has 0 saturated carbocycles. The molecule has 0 bridgehead atoms. The minimum atomic E-state index is 0.578. The van der Waals surface area contributed by atoms with E-state index in [0.717, 1.165) is 15.2 Å². The van der Waals surface area contributed by atoms with Gasteiger partial charge in [0.1, 0.15) is 0 Å². The minimum Gasteiger partial charge on any atom is -0.379 e. The Labute approximate surface area is 98.0 Å². The maximum atomic E-state index is 5.30. The molecule has 0 aliphatic rings. The lowest BCUT2D eigenvalue weighted by molar-refractivity contribution is 0.158. The topological polar surface area (TPSA) is 64.3 Å². The Morgan fingerprint density at radius 3 is 2.80 bits per heavy atom. The summed E-state index contributed by atoms with van der Waals surface area (Å²) < 4.78 is 6.24. The van der Waals surface area contributed by atoms with Crippen LogP contribution in [0.3, 0.4) is 0 Å². The average molecular weight is 248 g/mol. The fourth-order valence-electron chi connectivity index (χ4n) is 0.815. The van der Waals surface area contributed by atoms with Crippen molar-refractivity contribution in [2.75, 3.05) is 44.5 Å². The van der Waals surface area contributed by atoms with E-state index < -0.39 is 0 Å². The van der Waals surface area contributed by atoms with Gasteiger partial charge in [-0.05, 0) is 0 Å². The van der Waals surface area contributed by atoms with Crippen LogP contribution in [0.25, 0.3) is 0 Å². The normalized spacial score (nSPS) is 10.6. The number of nitrogens with zero attached hydrogens (tertiary/aromatic N) is 3. The molecule has 0 unspecified atom stereocenters. The van der Waals surface area contributed by atoms with E-state index in [0.29, 0.717) is 19.8 Å². The predicted octanol–water partition coefficient (Wildman–Crippen LogP) is 0.672. The summed E-state index contributed by atoms with van der Waals surface area (Å²) in [4.78, 5) is 1.95. The van der Waals surface area contributed by atoms with Gasteiger partial charge in [-0.3, -0.25) is 0 Å². The van der Waals surface area contributed by atoms with E-state index in [1.54, 1.807) is 23.1 Å². The van der Waals surface area contributed by atoms with Gasteiger partial charge in [0, 0.05) is 26.4 Å². The number of nitrogens with two attached hydrogens (primary N) is 1. The number of ether oxygens (including phenoxy) is 1. The molecule has 1 aromatic heterocycles. The molecule has 0 aromatic carbocycles. The molecule has 86 valence electrons. The van der Waals surface area contributed by atoms with E-state index in [2.05, 4.69) is 10.2 Å². The molecule has 1 heterocycles. The van der Waals surface area contributed by atoms with Gasteiger partial charge in [0.05, 0.1) is 13.2 Å². The van der Waals surface area contributed by atoms with E-state index in [4.69, 9.17) is 10.5 Å². The average Bonchev–Trinajstić information content (AvgIpc) is 2.66. The van der Waals surface area contributed by atoms with E-state index in [9.17, 15) is 0 Å². The van der Waals surface area contributed by atoms with Crippen molar-refractivity contribution < 1.29 is 4.74 Å². The van der Waals surface area contributed by atoms with Crippen molar-refractivity contribution >= 4 is 28.2 Å². The standard InChI is InChI=1S/C8H16N4OS2/c1-12(2)7-10-11-8(15-7)14-6-5-13-4-3-9/h3-6,9H2,1-2H3. The third-order valence-corrected chi connectivity index (χ3v) is 3.68. The lowest BCUT2D eigenvalue weighted by atomic mass is 10.7. The minimum absolute atomic E-state index is 0.578. The van der Waals surface area contributed by atoms with E-state index in [1.165, 1.54) is 0 Å². The number of rotatable bonds is 7. The SMILES string of the molecule is CN(C)c1nnc(SCCOCCN)s1. The number of aromatic nitrogens is 2.